The molecular weight excluding hydrogens is 292 g/mol. The molecule has 2 rings (SSSR count). The molecule has 120 valence electrons. The molecule has 1 aliphatic carbocycles. The van der Waals surface area contributed by atoms with E-state index >= 15 is 0 Å². The topological polar surface area (TPSA) is 133 Å². The van der Waals surface area contributed by atoms with Crippen LogP contribution >= 0.6 is 0 Å². The fourth-order valence-electron chi connectivity index (χ4n) is 3.15. The molecule has 0 radical (unpaired) electrons. The van der Waals surface area contributed by atoms with E-state index in [4.69, 9.17) is 5.73 Å². The van der Waals surface area contributed by atoms with Crippen LogP contribution in [0.1, 0.15) is 26.2 Å². The van der Waals surface area contributed by atoms with Gasteiger partial charge in [0.2, 0.25) is 0 Å². The number of rotatable bonds is 3. The normalized spacial score (nSPS) is 29.4. The largest absolute Gasteiger partial charge is 0.402 e. The van der Waals surface area contributed by atoms with Gasteiger partial charge in [-0.05, 0) is 30.8 Å². The zero-order chi connectivity index (χ0) is 16.6. The standard InChI is InChI=1S/C13H18N4O5/c1-7-4-3-5-8(11(7)14)10-9(16(19)20)6-15(2)13(18)12(10)17(21)22/h6-7,10,12H,3-5,14H2,1-2H3. The quantitative estimate of drug-likeness (QED) is 0.607. The van der Waals surface area contributed by atoms with Crippen molar-refractivity contribution in [2.45, 2.75) is 32.2 Å². The van der Waals surface area contributed by atoms with Crippen LogP contribution in [0.4, 0.5) is 0 Å². The molecule has 0 spiro atoms. The molecule has 0 saturated carbocycles. The Morgan fingerprint density at radius 2 is 2.00 bits per heavy atom. The Balaban J connectivity index is 2.62. The lowest BCUT2D eigenvalue weighted by molar-refractivity contribution is -0.527. The van der Waals surface area contributed by atoms with E-state index in [0.29, 0.717) is 17.7 Å². The van der Waals surface area contributed by atoms with Crippen LogP contribution in [-0.4, -0.2) is 33.7 Å². The molecule has 1 heterocycles. The van der Waals surface area contributed by atoms with Gasteiger partial charge in [0, 0.05) is 17.7 Å². The molecule has 9 heteroatoms. The highest BCUT2D eigenvalue weighted by Crippen LogP contribution is 2.39. The smallest absolute Gasteiger partial charge is 0.306 e. The Morgan fingerprint density at radius 3 is 2.55 bits per heavy atom. The van der Waals surface area contributed by atoms with Gasteiger partial charge in [-0.3, -0.25) is 25.0 Å². The first-order valence-corrected chi connectivity index (χ1v) is 7.00. The third-order valence-corrected chi connectivity index (χ3v) is 4.36. The molecule has 0 bridgehead atoms. The van der Waals surface area contributed by atoms with E-state index < -0.39 is 27.7 Å². The summed E-state index contributed by atoms with van der Waals surface area (Å²) in [5, 5.41) is 22.7. The number of carbonyl (C=O) groups is 1. The van der Waals surface area contributed by atoms with Gasteiger partial charge in [0.25, 0.3) is 5.70 Å². The molecule has 0 aromatic carbocycles. The van der Waals surface area contributed by atoms with E-state index in [9.17, 15) is 25.0 Å². The van der Waals surface area contributed by atoms with Gasteiger partial charge in [-0.1, -0.05) is 6.92 Å². The maximum absolute atomic E-state index is 12.1. The minimum absolute atomic E-state index is 0.00100. The summed E-state index contributed by atoms with van der Waals surface area (Å²) in [5.41, 5.74) is 6.59. The van der Waals surface area contributed by atoms with Crippen LogP contribution in [-0.2, 0) is 4.79 Å². The number of likely N-dealkylation sites (N-methyl/N-ethyl adjacent to an activating group) is 1. The second-order valence-electron chi connectivity index (χ2n) is 5.74. The van der Waals surface area contributed by atoms with Crippen molar-refractivity contribution in [3.63, 3.8) is 0 Å². The molecule has 0 aromatic rings. The zero-order valence-corrected chi connectivity index (χ0v) is 12.4. The average molecular weight is 310 g/mol. The molecular formula is C13H18N4O5. The summed E-state index contributed by atoms with van der Waals surface area (Å²) >= 11 is 0. The Bertz CT molecular complexity index is 597. The van der Waals surface area contributed by atoms with Crippen molar-refractivity contribution in [3.8, 4) is 0 Å². The van der Waals surface area contributed by atoms with Gasteiger partial charge in [-0.2, -0.15) is 0 Å². The average Bonchev–Trinajstić information content (AvgIpc) is 2.43. The Morgan fingerprint density at radius 1 is 1.36 bits per heavy atom. The highest BCUT2D eigenvalue weighted by atomic mass is 16.6. The maximum atomic E-state index is 12.1. The third kappa shape index (κ3) is 2.53. The number of hydrogen-bond donors (Lipinski definition) is 1. The number of allylic oxidation sites excluding steroid dienone is 1. The highest BCUT2D eigenvalue weighted by molar-refractivity contribution is 5.84. The minimum atomic E-state index is -1.70. The lowest BCUT2D eigenvalue weighted by atomic mass is 9.77. The number of carbonyl (C=O) groups excluding carboxylic acids is 1. The third-order valence-electron chi connectivity index (χ3n) is 4.36. The van der Waals surface area contributed by atoms with E-state index in [1.54, 1.807) is 0 Å². The second kappa shape index (κ2) is 5.74. The van der Waals surface area contributed by atoms with Gasteiger partial charge in [0.1, 0.15) is 0 Å². The summed E-state index contributed by atoms with van der Waals surface area (Å²) in [5.74, 6) is -1.96. The van der Waals surface area contributed by atoms with Crippen LogP contribution in [0, 0.1) is 32.1 Å². The van der Waals surface area contributed by atoms with Crippen LogP contribution < -0.4 is 5.73 Å². The second-order valence-corrected chi connectivity index (χ2v) is 5.74. The van der Waals surface area contributed by atoms with Crippen molar-refractivity contribution < 1.29 is 14.6 Å². The summed E-state index contributed by atoms with van der Waals surface area (Å²) < 4.78 is 0. The van der Waals surface area contributed by atoms with Gasteiger partial charge < -0.3 is 10.6 Å². The number of hydrogen-bond acceptors (Lipinski definition) is 6. The van der Waals surface area contributed by atoms with Crippen LogP contribution in [0.2, 0.25) is 0 Å². The number of amides is 1. The first-order chi connectivity index (χ1) is 10.3. The van der Waals surface area contributed by atoms with Crippen LogP contribution in [0.5, 0.6) is 0 Å². The Labute approximate surface area is 126 Å². The van der Waals surface area contributed by atoms with Crippen molar-refractivity contribution in [2.24, 2.45) is 17.6 Å². The van der Waals surface area contributed by atoms with E-state index in [0.717, 1.165) is 23.9 Å². The lowest BCUT2D eigenvalue weighted by Crippen LogP contribution is -2.50. The molecule has 3 unspecified atom stereocenters. The molecule has 3 atom stereocenters. The fraction of sp³-hybridized carbons (Fsp3) is 0.615. The predicted molar refractivity (Wildman–Crippen MR) is 76.3 cm³/mol. The summed E-state index contributed by atoms with van der Waals surface area (Å²) in [6.45, 7) is 1.88. The molecule has 2 N–H and O–H groups in total. The van der Waals surface area contributed by atoms with E-state index in [1.807, 2.05) is 6.92 Å². The predicted octanol–water partition coefficient (Wildman–Crippen LogP) is 0.871. The van der Waals surface area contributed by atoms with Gasteiger partial charge in [-0.25, -0.2) is 0 Å². The van der Waals surface area contributed by atoms with E-state index in [-0.39, 0.29) is 11.6 Å². The zero-order valence-electron chi connectivity index (χ0n) is 12.4. The molecule has 9 nitrogen and oxygen atoms in total. The summed E-state index contributed by atoms with van der Waals surface area (Å²) in [6, 6.07) is -1.70. The lowest BCUT2D eigenvalue weighted by Gasteiger charge is -2.31. The molecule has 0 fully saturated rings. The van der Waals surface area contributed by atoms with Gasteiger partial charge in [-0.15, -0.1) is 0 Å². The van der Waals surface area contributed by atoms with Crippen molar-refractivity contribution in [1.82, 2.24) is 4.90 Å². The van der Waals surface area contributed by atoms with E-state index in [2.05, 4.69) is 0 Å². The summed E-state index contributed by atoms with van der Waals surface area (Å²) in [7, 11) is 1.28. The van der Waals surface area contributed by atoms with Crippen LogP contribution in [0.3, 0.4) is 0 Å². The first-order valence-electron chi connectivity index (χ1n) is 7.00. The monoisotopic (exact) mass is 310 g/mol. The minimum Gasteiger partial charge on any atom is -0.402 e. The van der Waals surface area contributed by atoms with Gasteiger partial charge in [0.05, 0.1) is 11.1 Å². The Hall–Kier alpha value is -2.45. The molecule has 0 aromatic heterocycles. The van der Waals surface area contributed by atoms with Gasteiger partial charge in [0.15, 0.2) is 5.92 Å². The fourth-order valence-corrected chi connectivity index (χ4v) is 3.15. The van der Waals surface area contributed by atoms with Crippen molar-refractivity contribution in [3.05, 3.63) is 43.4 Å². The van der Waals surface area contributed by atoms with E-state index in [1.165, 1.54) is 7.05 Å². The maximum Gasteiger partial charge on any atom is 0.306 e. The molecule has 0 saturated heterocycles. The molecule has 1 aliphatic heterocycles. The number of nitrogens with zero attached hydrogens (tertiary/aromatic N) is 3. The number of nitro groups is 2. The number of nitrogens with two attached hydrogens (primary N) is 1. The summed E-state index contributed by atoms with van der Waals surface area (Å²) in [6.07, 6.45) is 3.07. The Kier molecular flexibility index (Phi) is 4.16. The van der Waals surface area contributed by atoms with Crippen molar-refractivity contribution >= 4 is 5.91 Å². The molecule has 2 aliphatic rings. The SMILES string of the molecule is CC1CCCC(C2C([N+](=O)[O-])=CN(C)C(=O)C2[N+](=O)[O-])=C1N. The highest BCUT2D eigenvalue weighted by Gasteiger charge is 2.53. The summed E-state index contributed by atoms with van der Waals surface area (Å²) in [4.78, 5) is 34.3. The van der Waals surface area contributed by atoms with Crippen molar-refractivity contribution in [1.29, 1.82) is 0 Å². The van der Waals surface area contributed by atoms with Gasteiger partial charge >= 0.3 is 11.9 Å². The first kappa shape index (κ1) is 15.9. The van der Waals surface area contributed by atoms with Crippen LogP contribution in [0.15, 0.2) is 23.2 Å². The molecule has 22 heavy (non-hydrogen) atoms. The van der Waals surface area contributed by atoms with Crippen LogP contribution in [0.25, 0.3) is 0 Å². The molecule has 1 amide bonds. The van der Waals surface area contributed by atoms with Crippen molar-refractivity contribution in [2.75, 3.05) is 7.05 Å².